The van der Waals surface area contributed by atoms with Crippen molar-refractivity contribution < 1.29 is 9.53 Å². The number of para-hydroxylation sites is 2. The van der Waals surface area contributed by atoms with E-state index in [-0.39, 0.29) is 5.91 Å². The first-order valence-electron chi connectivity index (χ1n) is 11.6. The van der Waals surface area contributed by atoms with Crippen LogP contribution in [0.2, 0.25) is 0 Å². The monoisotopic (exact) mass is 449 g/mol. The highest BCUT2D eigenvalue weighted by Crippen LogP contribution is 2.21. The van der Waals surface area contributed by atoms with Gasteiger partial charge in [0.05, 0.1) is 18.1 Å². The van der Waals surface area contributed by atoms with Crippen molar-refractivity contribution in [1.29, 1.82) is 0 Å². The Morgan fingerprint density at radius 2 is 1.68 bits per heavy atom. The number of nitrogens with one attached hydrogen (secondary N) is 1. The van der Waals surface area contributed by atoms with Crippen molar-refractivity contribution in [2.45, 2.75) is 19.4 Å². The van der Waals surface area contributed by atoms with Crippen LogP contribution in [-0.2, 0) is 13.0 Å². The van der Waals surface area contributed by atoms with Crippen LogP contribution in [0.5, 0.6) is 5.75 Å². The number of nitrogens with zero attached hydrogens (tertiary/aromatic N) is 2. The van der Waals surface area contributed by atoms with E-state index in [9.17, 15) is 4.79 Å². The molecule has 1 amide bonds. The summed E-state index contributed by atoms with van der Waals surface area (Å²) < 4.78 is 7.45. The maximum absolute atomic E-state index is 12.4. The van der Waals surface area contributed by atoms with Crippen LogP contribution in [0.25, 0.3) is 21.8 Å². The van der Waals surface area contributed by atoms with Crippen LogP contribution in [-0.4, -0.2) is 29.1 Å². The number of carbonyl (C=O) groups excluding carboxylic acids is 1. The molecule has 0 aliphatic heterocycles. The Kier molecular flexibility index (Phi) is 6.25. The van der Waals surface area contributed by atoms with E-state index >= 15 is 0 Å². The molecule has 170 valence electrons. The Balaban J connectivity index is 1.29. The minimum atomic E-state index is -0.0766. The maximum atomic E-state index is 12.4. The Morgan fingerprint density at radius 1 is 0.912 bits per heavy atom. The molecule has 1 aromatic heterocycles. The summed E-state index contributed by atoms with van der Waals surface area (Å²) >= 11 is 0. The number of hydrogen-bond donors (Lipinski definition) is 1. The van der Waals surface area contributed by atoms with Crippen molar-refractivity contribution in [2.24, 2.45) is 0 Å². The van der Waals surface area contributed by atoms with Crippen LogP contribution < -0.4 is 10.1 Å². The summed E-state index contributed by atoms with van der Waals surface area (Å²) in [7, 11) is 1.61. The molecule has 0 spiro atoms. The summed E-state index contributed by atoms with van der Waals surface area (Å²) in [6, 6.07) is 30.4. The van der Waals surface area contributed by atoms with E-state index < -0.39 is 0 Å². The highest BCUT2D eigenvalue weighted by Gasteiger charge is 2.12. The second-order valence-corrected chi connectivity index (χ2v) is 8.37. The predicted octanol–water partition coefficient (Wildman–Crippen LogP) is 5.61. The third kappa shape index (κ3) is 4.64. The Labute approximate surface area is 199 Å². The van der Waals surface area contributed by atoms with E-state index in [0.717, 1.165) is 42.0 Å². The lowest BCUT2D eigenvalue weighted by Gasteiger charge is -2.11. The Hall–Kier alpha value is -4.12. The zero-order chi connectivity index (χ0) is 23.3. The Morgan fingerprint density at radius 3 is 2.50 bits per heavy atom. The zero-order valence-electron chi connectivity index (χ0n) is 19.2. The van der Waals surface area contributed by atoms with Crippen LogP contribution in [0.15, 0.2) is 91.0 Å². The van der Waals surface area contributed by atoms with Crippen molar-refractivity contribution in [3.8, 4) is 5.75 Å². The van der Waals surface area contributed by atoms with Gasteiger partial charge in [0.1, 0.15) is 11.6 Å². The van der Waals surface area contributed by atoms with Gasteiger partial charge in [-0.3, -0.25) is 4.79 Å². The standard InChI is InChI=1S/C29H27N3O2/c1-34-25-16-14-23(15-17-25)29(33)30-18-6-11-28-31-26-9-4-5-10-27(26)32(28)20-21-12-13-22-7-2-3-8-24(22)19-21/h2-5,7-10,12-17,19H,6,11,18,20H2,1H3,(H,30,33). The van der Waals surface area contributed by atoms with Gasteiger partial charge in [-0.15, -0.1) is 0 Å². The summed E-state index contributed by atoms with van der Waals surface area (Å²) in [5, 5.41) is 5.50. The van der Waals surface area contributed by atoms with Crippen LogP contribution in [0, 0.1) is 0 Å². The molecule has 0 saturated heterocycles. The molecule has 5 rings (SSSR count). The molecule has 0 aliphatic rings. The number of rotatable bonds is 8. The summed E-state index contributed by atoms with van der Waals surface area (Å²) in [6.07, 6.45) is 1.59. The lowest BCUT2D eigenvalue weighted by molar-refractivity contribution is 0.0953. The average Bonchev–Trinajstić information content (AvgIpc) is 3.23. The quantitative estimate of drug-likeness (QED) is 0.313. The van der Waals surface area contributed by atoms with Gasteiger partial charge in [0.25, 0.3) is 5.91 Å². The number of amides is 1. The number of aromatic nitrogens is 2. The molecule has 0 atom stereocenters. The van der Waals surface area contributed by atoms with E-state index in [1.165, 1.54) is 16.3 Å². The highest BCUT2D eigenvalue weighted by atomic mass is 16.5. The molecule has 0 fully saturated rings. The zero-order valence-corrected chi connectivity index (χ0v) is 19.2. The normalized spacial score (nSPS) is 11.1. The summed E-state index contributed by atoms with van der Waals surface area (Å²) in [5.41, 5.74) is 4.01. The van der Waals surface area contributed by atoms with Gasteiger partial charge in [0.2, 0.25) is 0 Å². The van der Waals surface area contributed by atoms with Crippen molar-refractivity contribution in [1.82, 2.24) is 14.9 Å². The number of fused-ring (bicyclic) bond motifs is 2. The second-order valence-electron chi connectivity index (χ2n) is 8.37. The summed E-state index contributed by atoms with van der Waals surface area (Å²) in [5.74, 6) is 1.70. The largest absolute Gasteiger partial charge is 0.497 e. The number of carbonyl (C=O) groups is 1. The third-order valence-electron chi connectivity index (χ3n) is 6.10. The number of benzene rings is 4. The van der Waals surface area contributed by atoms with Crippen LogP contribution in [0.3, 0.4) is 0 Å². The molecule has 0 saturated carbocycles. The number of ether oxygens (including phenoxy) is 1. The van der Waals surface area contributed by atoms with Gasteiger partial charge in [-0.05, 0) is 65.2 Å². The summed E-state index contributed by atoms with van der Waals surface area (Å²) in [4.78, 5) is 17.3. The van der Waals surface area contributed by atoms with E-state index in [0.29, 0.717) is 12.1 Å². The van der Waals surface area contributed by atoms with Gasteiger partial charge < -0.3 is 14.6 Å². The first-order chi connectivity index (χ1) is 16.7. The fourth-order valence-corrected chi connectivity index (χ4v) is 4.31. The lowest BCUT2D eigenvalue weighted by Crippen LogP contribution is -2.25. The molecule has 0 unspecified atom stereocenters. The van der Waals surface area contributed by atoms with Gasteiger partial charge in [-0.1, -0.05) is 48.5 Å². The van der Waals surface area contributed by atoms with Crippen molar-refractivity contribution >= 4 is 27.7 Å². The fraction of sp³-hybridized carbons (Fsp3) is 0.172. The van der Waals surface area contributed by atoms with Gasteiger partial charge in [-0.25, -0.2) is 4.98 Å². The molecule has 4 aromatic carbocycles. The minimum Gasteiger partial charge on any atom is -0.497 e. The minimum absolute atomic E-state index is 0.0766. The van der Waals surface area contributed by atoms with Crippen molar-refractivity contribution in [3.05, 3.63) is 108 Å². The third-order valence-corrected chi connectivity index (χ3v) is 6.10. The average molecular weight is 450 g/mol. The van der Waals surface area contributed by atoms with Crippen molar-refractivity contribution in [2.75, 3.05) is 13.7 Å². The van der Waals surface area contributed by atoms with Gasteiger partial charge in [-0.2, -0.15) is 0 Å². The van der Waals surface area contributed by atoms with Crippen molar-refractivity contribution in [3.63, 3.8) is 0 Å². The van der Waals surface area contributed by atoms with Gasteiger partial charge in [0.15, 0.2) is 0 Å². The smallest absolute Gasteiger partial charge is 0.251 e. The van der Waals surface area contributed by atoms with Crippen LogP contribution in [0.4, 0.5) is 0 Å². The molecule has 1 heterocycles. The number of imidazole rings is 1. The van der Waals surface area contributed by atoms with Crippen LogP contribution in [0.1, 0.15) is 28.2 Å². The lowest BCUT2D eigenvalue weighted by atomic mass is 10.1. The van der Waals surface area contributed by atoms with E-state index in [4.69, 9.17) is 9.72 Å². The van der Waals surface area contributed by atoms with Gasteiger partial charge >= 0.3 is 0 Å². The van der Waals surface area contributed by atoms with Gasteiger partial charge in [0, 0.05) is 25.1 Å². The molecule has 0 aliphatic carbocycles. The van der Waals surface area contributed by atoms with E-state index in [1.807, 2.05) is 6.07 Å². The Bertz CT molecular complexity index is 1440. The number of aryl methyl sites for hydroxylation is 1. The predicted molar refractivity (Wildman–Crippen MR) is 136 cm³/mol. The SMILES string of the molecule is COc1ccc(C(=O)NCCCc2nc3ccccc3n2Cc2ccc3ccccc3c2)cc1. The first-order valence-corrected chi connectivity index (χ1v) is 11.6. The molecule has 5 heteroatoms. The molecular weight excluding hydrogens is 422 g/mol. The molecule has 0 bridgehead atoms. The second kappa shape index (κ2) is 9.79. The molecule has 34 heavy (non-hydrogen) atoms. The maximum Gasteiger partial charge on any atom is 0.251 e. The molecule has 5 aromatic rings. The van der Waals surface area contributed by atoms with E-state index in [1.54, 1.807) is 31.4 Å². The summed E-state index contributed by atoms with van der Waals surface area (Å²) in [6.45, 7) is 1.35. The van der Waals surface area contributed by atoms with Crippen LogP contribution >= 0.6 is 0 Å². The molecular formula is C29H27N3O2. The van der Waals surface area contributed by atoms with E-state index in [2.05, 4.69) is 70.5 Å². The fourth-order valence-electron chi connectivity index (χ4n) is 4.31. The number of hydrogen-bond acceptors (Lipinski definition) is 3. The highest BCUT2D eigenvalue weighted by molar-refractivity contribution is 5.94. The molecule has 0 radical (unpaired) electrons. The molecule has 5 nitrogen and oxygen atoms in total. The molecule has 1 N–H and O–H groups in total. The number of methoxy groups -OCH3 is 1. The topological polar surface area (TPSA) is 56.1 Å². The first kappa shape index (κ1) is 21.7.